The van der Waals surface area contributed by atoms with Crippen molar-refractivity contribution in [1.82, 2.24) is 5.32 Å². The second-order valence-electron chi connectivity index (χ2n) is 7.81. The maximum Gasteiger partial charge on any atom is 0.335 e. The van der Waals surface area contributed by atoms with Crippen molar-refractivity contribution in [3.05, 3.63) is 98.0 Å². The zero-order valence-corrected chi connectivity index (χ0v) is 20.7. The number of aryl methyl sites for hydroxylation is 2. The molecule has 0 bridgehead atoms. The number of rotatable bonds is 5. The van der Waals surface area contributed by atoms with Gasteiger partial charge in [-0.3, -0.25) is 14.9 Å². The van der Waals surface area contributed by atoms with Gasteiger partial charge < -0.3 is 4.74 Å². The van der Waals surface area contributed by atoms with E-state index < -0.39 is 17.8 Å². The molecule has 6 nitrogen and oxygen atoms in total. The van der Waals surface area contributed by atoms with Gasteiger partial charge >= 0.3 is 6.03 Å². The second kappa shape index (κ2) is 9.83. The first-order chi connectivity index (χ1) is 16.2. The van der Waals surface area contributed by atoms with Crippen LogP contribution >= 0.6 is 27.5 Å². The topological polar surface area (TPSA) is 75.7 Å². The molecular formula is C26H20BrClN2O4. The van der Waals surface area contributed by atoms with Crippen molar-refractivity contribution in [2.75, 3.05) is 4.90 Å². The summed E-state index contributed by atoms with van der Waals surface area (Å²) in [5.41, 5.74) is 3.29. The lowest BCUT2D eigenvalue weighted by molar-refractivity contribution is -0.122. The van der Waals surface area contributed by atoms with Gasteiger partial charge in [0.05, 0.1) is 5.69 Å². The number of carbonyl (C=O) groups excluding carboxylic acids is 3. The summed E-state index contributed by atoms with van der Waals surface area (Å²) in [4.78, 5) is 39.5. The largest absolute Gasteiger partial charge is 0.488 e. The number of anilines is 1. The molecule has 4 amide bonds. The summed E-state index contributed by atoms with van der Waals surface area (Å²) in [5.74, 6) is -1.08. The molecule has 0 spiro atoms. The number of hydrogen-bond donors (Lipinski definition) is 1. The maximum absolute atomic E-state index is 13.3. The van der Waals surface area contributed by atoms with E-state index in [0.29, 0.717) is 22.0 Å². The van der Waals surface area contributed by atoms with E-state index >= 15 is 0 Å². The Labute approximate surface area is 210 Å². The number of urea groups is 1. The standard InChI is InChI=1S/C26H20BrClN2O4/c1-15-7-9-22(16(2)11-15)30-25(32)20(24(31)29-26(30)33)13-18-12-19(28)8-10-23(18)34-14-17-5-3-4-6-21(17)27/h3-13H,14H2,1-2H3,(H,29,31,33)/b20-13+. The fraction of sp³-hybridized carbons (Fsp3) is 0.115. The Morgan fingerprint density at radius 3 is 2.53 bits per heavy atom. The SMILES string of the molecule is Cc1ccc(N2C(=O)NC(=O)/C(=C\c3cc(Cl)ccc3OCc3ccccc3Br)C2=O)c(C)c1. The predicted octanol–water partition coefficient (Wildman–Crippen LogP) is 5.96. The van der Waals surface area contributed by atoms with Crippen LogP contribution in [0.25, 0.3) is 6.08 Å². The van der Waals surface area contributed by atoms with Gasteiger partial charge in [0.1, 0.15) is 17.9 Å². The van der Waals surface area contributed by atoms with Crippen molar-refractivity contribution in [3.63, 3.8) is 0 Å². The number of nitrogens with one attached hydrogen (secondary N) is 1. The molecule has 1 fully saturated rings. The van der Waals surface area contributed by atoms with Crippen LogP contribution in [0.2, 0.25) is 5.02 Å². The Morgan fingerprint density at radius 2 is 1.79 bits per heavy atom. The maximum atomic E-state index is 13.3. The quantitative estimate of drug-likeness (QED) is 0.320. The molecule has 4 rings (SSSR count). The Morgan fingerprint density at radius 1 is 1.03 bits per heavy atom. The Hall–Kier alpha value is -3.42. The summed E-state index contributed by atoms with van der Waals surface area (Å²) < 4.78 is 6.88. The highest BCUT2D eigenvalue weighted by Crippen LogP contribution is 2.30. The molecule has 0 unspecified atom stereocenters. The number of hydrogen-bond acceptors (Lipinski definition) is 4. The zero-order valence-electron chi connectivity index (χ0n) is 18.4. The number of amides is 4. The molecule has 1 saturated heterocycles. The van der Waals surface area contributed by atoms with Crippen LogP contribution in [-0.4, -0.2) is 17.8 Å². The number of ether oxygens (including phenoxy) is 1. The number of benzene rings is 3. The molecule has 0 atom stereocenters. The van der Waals surface area contributed by atoms with E-state index in [2.05, 4.69) is 21.2 Å². The van der Waals surface area contributed by atoms with Gasteiger partial charge in [-0.25, -0.2) is 9.69 Å². The van der Waals surface area contributed by atoms with E-state index in [1.807, 2.05) is 37.3 Å². The molecule has 1 N–H and O–H groups in total. The van der Waals surface area contributed by atoms with Crippen molar-refractivity contribution >= 4 is 57.1 Å². The van der Waals surface area contributed by atoms with E-state index in [0.717, 1.165) is 26.1 Å². The molecule has 0 radical (unpaired) electrons. The molecule has 0 aromatic heterocycles. The third-order valence-corrected chi connectivity index (χ3v) is 6.32. The van der Waals surface area contributed by atoms with Crippen molar-refractivity contribution in [2.24, 2.45) is 0 Å². The van der Waals surface area contributed by atoms with E-state index in [4.69, 9.17) is 16.3 Å². The molecule has 34 heavy (non-hydrogen) atoms. The third-order valence-electron chi connectivity index (χ3n) is 5.31. The van der Waals surface area contributed by atoms with Gasteiger partial charge in [-0.05, 0) is 55.8 Å². The second-order valence-corrected chi connectivity index (χ2v) is 9.10. The normalized spacial score (nSPS) is 15.0. The highest BCUT2D eigenvalue weighted by Gasteiger charge is 2.37. The fourth-order valence-corrected chi connectivity index (χ4v) is 4.20. The average Bonchev–Trinajstić information content (AvgIpc) is 2.78. The lowest BCUT2D eigenvalue weighted by Gasteiger charge is -2.27. The Bertz CT molecular complexity index is 1350. The first kappa shape index (κ1) is 23.7. The zero-order chi connectivity index (χ0) is 24.4. The summed E-state index contributed by atoms with van der Waals surface area (Å²) in [5, 5.41) is 2.66. The van der Waals surface area contributed by atoms with Crippen LogP contribution in [0.1, 0.15) is 22.3 Å². The summed E-state index contributed by atoms with van der Waals surface area (Å²) in [6.07, 6.45) is 1.39. The monoisotopic (exact) mass is 538 g/mol. The molecular weight excluding hydrogens is 520 g/mol. The highest BCUT2D eigenvalue weighted by atomic mass is 79.9. The van der Waals surface area contributed by atoms with Gasteiger partial charge in [-0.1, -0.05) is 63.4 Å². The first-order valence-corrected chi connectivity index (χ1v) is 11.6. The van der Waals surface area contributed by atoms with Crippen molar-refractivity contribution in [2.45, 2.75) is 20.5 Å². The minimum Gasteiger partial charge on any atom is -0.488 e. The van der Waals surface area contributed by atoms with E-state index in [9.17, 15) is 14.4 Å². The van der Waals surface area contributed by atoms with Gasteiger partial charge in [0.2, 0.25) is 0 Å². The van der Waals surface area contributed by atoms with Crippen molar-refractivity contribution in [1.29, 1.82) is 0 Å². The van der Waals surface area contributed by atoms with Crippen LogP contribution in [0.5, 0.6) is 5.75 Å². The third kappa shape index (κ3) is 4.90. The Kier molecular flexibility index (Phi) is 6.86. The highest BCUT2D eigenvalue weighted by molar-refractivity contribution is 9.10. The number of imide groups is 2. The van der Waals surface area contributed by atoms with Gasteiger partial charge in [0.25, 0.3) is 11.8 Å². The van der Waals surface area contributed by atoms with Gasteiger partial charge in [0, 0.05) is 20.6 Å². The minimum atomic E-state index is -0.796. The average molecular weight is 540 g/mol. The molecule has 172 valence electrons. The minimum absolute atomic E-state index is 0.201. The van der Waals surface area contributed by atoms with Crippen LogP contribution in [0.15, 0.2) is 70.7 Å². The molecule has 0 saturated carbocycles. The van der Waals surface area contributed by atoms with Crippen molar-refractivity contribution in [3.8, 4) is 5.75 Å². The van der Waals surface area contributed by atoms with Gasteiger partial charge in [-0.15, -0.1) is 0 Å². The number of barbiturate groups is 1. The van der Waals surface area contributed by atoms with Gasteiger partial charge in [-0.2, -0.15) is 0 Å². The molecule has 3 aromatic carbocycles. The summed E-state index contributed by atoms with van der Waals surface area (Å²) in [6.45, 7) is 3.97. The predicted molar refractivity (Wildman–Crippen MR) is 135 cm³/mol. The molecule has 1 heterocycles. The van der Waals surface area contributed by atoms with Crippen LogP contribution < -0.4 is 15.0 Å². The lowest BCUT2D eigenvalue weighted by Crippen LogP contribution is -2.54. The lowest BCUT2D eigenvalue weighted by atomic mass is 10.0. The molecule has 0 aliphatic carbocycles. The van der Waals surface area contributed by atoms with Crippen LogP contribution in [0.3, 0.4) is 0 Å². The van der Waals surface area contributed by atoms with Crippen LogP contribution in [0, 0.1) is 13.8 Å². The Balaban J connectivity index is 1.70. The number of nitrogens with zero attached hydrogens (tertiary/aromatic N) is 1. The molecule has 1 aliphatic rings. The molecule has 3 aromatic rings. The van der Waals surface area contributed by atoms with Crippen LogP contribution in [-0.2, 0) is 16.2 Å². The van der Waals surface area contributed by atoms with Crippen LogP contribution in [0.4, 0.5) is 10.5 Å². The number of halogens is 2. The fourth-order valence-electron chi connectivity index (χ4n) is 3.62. The van der Waals surface area contributed by atoms with E-state index in [1.165, 1.54) is 6.08 Å². The summed E-state index contributed by atoms with van der Waals surface area (Å²) in [6, 6.07) is 17.1. The number of carbonyl (C=O) groups is 3. The van der Waals surface area contributed by atoms with E-state index in [-0.39, 0.29) is 12.2 Å². The van der Waals surface area contributed by atoms with Gasteiger partial charge in [0.15, 0.2) is 0 Å². The summed E-state index contributed by atoms with van der Waals surface area (Å²) >= 11 is 9.68. The summed E-state index contributed by atoms with van der Waals surface area (Å²) in [7, 11) is 0. The molecule has 8 heteroatoms. The smallest absolute Gasteiger partial charge is 0.335 e. The van der Waals surface area contributed by atoms with E-state index in [1.54, 1.807) is 37.3 Å². The first-order valence-electron chi connectivity index (χ1n) is 10.4. The van der Waals surface area contributed by atoms with Crippen molar-refractivity contribution < 1.29 is 19.1 Å². The molecule has 1 aliphatic heterocycles.